The van der Waals surface area contributed by atoms with Crippen LogP contribution in [0.5, 0.6) is 0 Å². The number of aldehydes is 1. The molecule has 1 saturated heterocycles. The van der Waals surface area contributed by atoms with Gasteiger partial charge in [0.25, 0.3) is 0 Å². The topological polar surface area (TPSA) is 49.9 Å². The van der Waals surface area contributed by atoms with Crippen molar-refractivity contribution < 1.29 is 14.3 Å². The van der Waals surface area contributed by atoms with Crippen LogP contribution in [-0.2, 0) is 9.53 Å². The van der Waals surface area contributed by atoms with Gasteiger partial charge in [0.1, 0.15) is 6.29 Å². The number of amides is 1. The first-order valence-corrected chi connectivity index (χ1v) is 4.85. The second kappa shape index (κ2) is 5.59. The van der Waals surface area contributed by atoms with Crippen LogP contribution in [0.3, 0.4) is 0 Å². The van der Waals surface area contributed by atoms with E-state index in [0.29, 0.717) is 26.2 Å². The molecule has 14 heavy (non-hydrogen) atoms. The molecular weight excluding hydrogens is 184 g/mol. The van der Waals surface area contributed by atoms with Gasteiger partial charge in [-0.15, -0.1) is 0 Å². The number of rotatable bonds is 3. The molecule has 0 radical (unpaired) electrons. The Kier molecular flexibility index (Phi) is 4.39. The maximum atomic E-state index is 11.3. The van der Waals surface area contributed by atoms with Crippen LogP contribution >= 0.6 is 0 Å². The number of carbonyl (C=O) groups is 2. The van der Waals surface area contributed by atoms with Crippen LogP contribution in [0.2, 0.25) is 0 Å². The molecule has 1 amide bonds. The van der Waals surface area contributed by atoms with Crippen LogP contribution in [-0.4, -0.2) is 61.5 Å². The number of ether oxygens (including phenoxy) is 1. The molecule has 0 unspecified atom stereocenters. The molecule has 0 aromatic heterocycles. The van der Waals surface area contributed by atoms with Gasteiger partial charge in [-0.3, -0.25) is 4.90 Å². The van der Waals surface area contributed by atoms with Gasteiger partial charge in [-0.1, -0.05) is 0 Å². The third-order valence-corrected chi connectivity index (χ3v) is 2.23. The highest BCUT2D eigenvalue weighted by atomic mass is 16.6. The average Bonchev–Trinajstić information content (AvgIpc) is 2.20. The fraction of sp³-hybridized carbons (Fsp3) is 0.778. The molecule has 5 heteroatoms. The summed E-state index contributed by atoms with van der Waals surface area (Å²) < 4.78 is 4.88. The highest BCUT2D eigenvalue weighted by Gasteiger charge is 2.20. The Bertz CT molecular complexity index is 200. The fourth-order valence-electron chi connectivity index (χ4n) is 1.43. The summed E-state index contributed by atoms with van der Waals surface area (Å²) in [6.45, 7) is 5.44. The number of nitrogens with zero attached hydrogens (tertiary/aromatic N) is 2. The van der Waals surface area contributed by atoms with Gasteiger partial charge in [-0.25, -0.2) is 4.79 Å². The van der Waals surface area contributed by atoms with E-state index in [1.807, 2.05) is 4.90 Å². The zero-order valence-corrected chi connectivity index (χ0v) is 8.44. The molecule has 0 atom stereocenters. The lowest BCUT2D eigenvalue weighted by atomic mass is 10.3. The van der Waals surface area contributed by atoms with Crippen molar-refractivity contribution in [3.8, 4) is 0 Å². The van der Waals surface area contributed by atoms with Gasteiger partial charge in [0.15, 0.2) is 0 Å². The van der Waals surface area contributed by atoms with E-state index >= 15 is 0 Å². The third kappa shape index (κ3) is 2.99. The summed E-state index contributed by atoms with van der Waals surface area (Å²) in [6, 6.07) is 0. The minimum atomic E-state index is -0.252. The van der Waals surface area contributed by atoms with Crippen molar-refractivity contribution in [2.75, 3.05) is 39.3 Å². The van der Waals surface area contributed by atoms with Crippen LogP contribution < -0.4 is 0 Å². The Labute approximate surface area is 83.6 Å². The Balaban J connectivity index is 2.27. The normalized spacial score (nSPS) is 17.9. The maximum absolute atomic E-state index is 11.3. The van der Waals surface area contributed by atoms with Crippen molar-refractivity contribution in [1.82, 2.24) is 9.80 Å². The van der Waals surface area contributed by atoms with Crippen LogP contribution in [0, 0.1) is 0 Å². The molecule has 80 valence electrons. The van der Waals surface area contributed by atoms with Crippen molar-refractivity contribution in [3.63, 3.8) is 0 Å². The highest BCUT2D eigenvalue weighted by Crippen LogP contribution is 2.02. The van der Waals surface area contributed by atoms with Crippen molar-refractivity contribution >= 4 is 12.4 Å². The Hall–Kier alpha value is -1.10. The molecule has 1 fully saturated rings. The zero-order valence-electron chi connectivity index (χ0n) is 8.44. The van der Waals surface area contributed by atoms with Crippen LogP contribution in [0.15, 0.2) is 0 Å². The van der Waals surface area contributed by atoms with E-state index in [0.717, 1.165) is 19.4 Å². The molecular formula is C9H16N2O3. The van der Waals surface area contributed by atoms with E-state index in [-0.39, 0.29) is 6.09 Å². The molecule has 1 aliphatic heterocycles. The molecule has 0 spiro atoms. The fourth-order valence-corrected chi connectivity index (χ4v) is 1.43. The molecule has 1 heterocycles. The lowest BCUT2D eigenvalue weighted by Gasteiger charge is -2.32. The van der Waals surface area contributed by atoms with E-state index in [2.05, 4.69) is 0 Å². The number of piperazine rings is 1. The van der Waals surface area contributed by atoms with Gasteiger partial charge in [-0.2, -0.15) is 0 Å². The van der Waals surface area contributed by atoms with Crippen LogP contribution in [0.1, 0.15) is 6.92 Å². The quantitative estimate of drug-likeness (QED) is 0.600. The monoisotopic (exact) mass is 200 g/mol. The summed E-state index contributed by atoms with van der Waals surface area (Å²) in [4.78, 5) is 25.2. The lowest BCUT2D eigenvalue weighted by molar-refractivity contribution is -0.109. The van der Waals surface area contributed by atoms with Crippen molar-refractivity contribution in [3.05, 3.63) is 0 Å². The van der Waals surface area contributed by atoms with Gasteiger partial charge in [-0.05, 0) is 6.92 Å². The van der Waals surface area contributed by atoms with Gasteiger partial charge >= 0.3 is 6.09 Å². The Morgan fingerprint density at radius 2 is 2.00 bits per heavy atom. The van der Waals surface area contributed by atoms with E-state index in [1.54, 1.807) is 11.8 Å². The number of hydrogen-bond acceptors (Lipinski definition) is 4. The molecule has 0 aliphatic carbocycles. The SMILES string of the molecule is CCOC(=O)N1CCN(CC=O)CC1. The summed E-state index contributed by atoms with van der Waals surface area (Å²) in [5, 5.41) is 0. The number of carbonyl (C=O) groups excluding carboxylic acids is 2. The molecule has 0 N–H and O–H groups in total. The van der Waals surface area contributed by atoms with Crippen molar-refractivity contribution in [2.45, 2.75) is 6.92 Å². The smallest absolute Gasteiger partial charge is 0.409 e. The largest absolute Gasteiger partial charge is 0.450 e. The first kappa shape index (κ1) is 11.0. The first-order valence-electron chi connectivity index (χ1n) is 4.85. The van der Waals surface area contributed by atoms with Gasteiger partial charge < -0.3 is 14.4 Å². The Morgan fingerprint density at radius 3 is 2.50 bits per heavy atom. The molecule has 0 aromatic rings. The van der Waals surface area contributed by atoms with Crippen molar-refractivity contribution in [2.24, 2.45) is 0 Å². The van der Waals surface area contributed by atoms with Crippen LogP contribution in [0.25, 0.3) is 0 Å². The summed E-state index contributed by atoms with van der Waals surface area (Å²) in [7, 11) is 0. The predicted molar refractivity (Wildman–Crippen MR) is 51.1 cm³/mol. The van der Waals surface area contributed by atoms with E-state index in [4.69, 9.17) is 4.74 Å². The highest BCUT2D eigenvalue weighted by molar-refractivity contribution is 5.67. The standard InChI is InChI=1S/C9H16N2O3/c1-2-14-9(13)11-5-3-10(4-6-11)7-8-12/h8H,2-7H2,1H3. The third-order valence-electron chi connectivity index (χ3n) is 2.23. The summed E-state index contributed by atoms with van der Waals surface area (Å²) in [5.74, 6) is 0. The minimum Gasteiger partial charge on any atom is -0.450 e. The Morgan fingerprint density at radius 1 is 1.36 bits per heavy atom. The van der Waals surface area contributed by atoms with Crippen LogP contribution in [0.4, 0.5) is 4.79 Å². The molecule has 0 bridgehead atoms. The predicted octanol–water partition coefficient (Wildman–Crippen LogP) is -0.0406. The number of hydrogen-bond donors (Lipinski definition) is 0. The molecule has 1 rings (SSSR count). The molecule has 5 nitrogen and oxygen atoms in total. The second-order valence-electron chi connectivity index (χ2n) is 3.15. The second-order valence-corrected chi connectivity index (χ2v) is 3.15. The van der Waals surface area contributed by atoms with Gasteiger partial charge in [0.2, 0.25) is 0 Å². The zero-order chi connectivity index (χ0) is 10.4. The summed E-state index contributed by atoms with van der Waals surface area (Å²) in [6.07, 6.45) is 0.637. The summed E-state index contributed by atoms with van der Waals surface area (Å²) >= 11 is 0. The van der Waals surface area contributed by atoms with Gasteiger partial charge in [0.05, 0.1) is 13.2 Å². The average molecular weight is 200 g/mol. The van der Waals surface area contributed by atoms with E-state index in [9.17, 15) is 9.59 Å². The molecule has 0 aromatic carbocycles. The van der Waals surface area contributed by atoms with Crippen molar-refractivity contribution in [1.29, 1.82) is 0 Å². The first-order chi connectivity index (χ1) is 6.77. The van der Waals surface area contributed by atoms with E-state index in [1.165, 1.54) is 0 Å². The van der Waals surface area contributed by atoms with Gasteiger partial charge in [0, 0.05) is 26.2 Å². The lowest BCUT2D eigenvalue weighted by Crippen LogP contribution is -2.49. The minimum absolute atomic E-state index is 0.252. The molecule has 0 saturated carbocycles. The van der Waals surface area contributed by atoms with E-state index < -0.39 is 0 Å². The summed E-state index contributed by atoms with van der Waals surface area (Å²) in [5.41, 5.74) is 0. The molecule has 1 aliphatic rings. The maximum Gasteiger partial charge on any atom is 0.409 e.